The van der Waals surface area contributed by atoms with Gasteiger partial charge in [-0.15, -0.1) is 12.6 Å². The first-order valence-corrected chi connectivity index (χ1v) is 6.75. The summed E-state index contributed by atoms with van der Waals surface area (Å²) in [5.74, 6) is -0.0438. The summed E-state index contributed by atoms with van der Waals surface area (Å²) in [5, 5.41) is 0.470. The number of halogens is 1. The molecule has 0 bridgehead atoms. The number of thiol groups is 1. The highest BCUT2D eigenvalue weighted by atomic mass is 35.5. The van der Waals surface area contributed by atoms with Gasteiger partial charge in [0.15, 0.2) is 0 Å². The molecule has 0 saturated carbocycles. The van der Waals surface area contributed by atoms with Crippen LogP contribution in [-0.2, 0) is 4.74 Å². The van der Waals surface area contributed by atoms with Gasteiger partial charge in [-0.2, -0.15) is 0 Å². The Kier molecular flexibility index (Phi) is 4.54. The predicted octanol–water partition coefficient (Wildman–Crippen LogP) is 2.88. The summed E-state index contributed by atoms with van der Waals surface area (Å²) in [6, 6.07) is 5.19. The summed E-state index contributed by atoms with van der Waals surface area (Å²) in [7, 11) is 1.68. The van der Waals surface area contributed by atoms with Crippen LogP contribution in [0.2, 0.25) is 5.02 Å². The summed E-state index contributed by atoms with van der Waals surface area (Å²) < 4.78 is 5.32. The van der Waals surface area contributed by atoms with Gasteiger partial charge >= 0.3 is 0 Å². The summed E-state index contributed by atoms with van der Waals surface area (Å²) >= 11 is 10.3. The molecule has 3 nitrogen and oxygen atoms in total. The van der Waals surface area contributed by atoms with Crippen LogP contribution in [0.5, 0.6) is 0 Å². The van der Waals surface area contributed by atoms with Crippen molar-refractivity contribution >= 4 is 30.1 Å². The van der Waals surface area contributed by atoms with E-state index in [2.05, 4.69) is 12.6 Å². The molecule has 0 N–H and O–H groups in total. The first kappa shape index (κ1) is 13.7. The average molecular weight is 286 g/mol. The molecule has 1 aliphatic rings. The second-order valence-electron chi connectivity index (χ2n) is 4.42. The van der Waals surface area contributed by atoms with Crippen molar-refractivity contribution in [3.63, 3.8) is 0 Å². The van der Waals surface area contributed by atoms with Gasteiger partial charge in [-0.3, -0.25) is 4.79 Å². The number of nitrogens with zero attached hydrogens (tertiary/aromatic N) is 1. The largest absolute Gasteiger partial charge is 0.380 e. The minimum Gasteiger partial charge on any atom is -0.380 e. The zero-order chi connectivity index (χ0) is 13.1. The van der Waals surface area contributed by atoms with E-state index >= 15 is 0 Å². The smallest absolute Gasteiger partial charge is 0.255 e. The minimum absolute atomic E-state index is 0.0438. The van der Waals surface area contributed by atoms with Crippen LogP contribution in [0.1, 0.15) is 23.2 Å². The monoisotopic (exact) mass is 285 g/mol. The van der Waals surface area contributed by atoms with E-state index in [1.807, 2.05) is 0 Å². The molecule has 0 radical (unpaired) electrons. The summed E-state index contributed by atoms with van der Waals surface area (Å²) in [6.45, 7) is 1.38. The molecule has 2 rings (SSSR count). The van der Waals surface area contributed by atoms with E-state index < -0.39 is 0 Å². The Morgan fingerprint density at radius 3 is 3.06 bits per heavy atom. The van der Waals surface area contributed by atoms with Gasteiger partial charge in [0.2, 0.25) is 0 Å². The maximum Gasteiger partial charge on any atom is 0.255 e. The van der Waals surface area contributed by atoms with Crippen molar-refractivity contribution in [2.75, 3.05) is 20.2 Å². The van der Waals surface area contributed by atoms with Crippen LogP contribution in [0.3, 0.4) is 0 Å². The van der Waals surface area contributed by atoms with Crippen LogP contribution in [0, 0.1) is 0 Å². The number of carbonyl (C=O) groups is 1. The molecule has 0 spiro atoms. The third-order valence-corrected chi connectivity index (χ3v) is 3.79. The summed E-state index contributed by atoms with van der Waals surface area (Å²) in [6.07, 6.45) is 2.09. The van der Waals surface area contributed by atoms with Crippen LogP contribution >= 0.6 is 24.2 Å². The normalized spacial score (nSPS) is 19.9. The molecule has 1 atom stereocenters. The van der Waals surface area contributed by atoms with Gasteiger partial charge in [0.1, 0.15) is 0 Å². The fraction of sp³-hybridized carbons (Fsp3) is 0.462. The maximum atomic E-state index is 12.4. The van der Waals surface area contributed by atoms with Crippen LogP contribution in [0.25, 0.3) is 0 Å². The Labute approximate surface area is 117 Å². The van der Waals surface area contributed by atoms with E-state index in [0.29, 0.717) is 17.1 Å². The quantitative estimate of drug-likeness (QED) is 0.847. The lowest BCUT2D eigenvalue weighted by atomic mass is 10.1. The van der Waals surface area contributed by atoms with Gasteiger partial charge in [-0.25, -0.2) is 0 Å². The van der Waals surface area contributed by atoms with Crippen LogP contribution in [0.15, 0.2) is 23.1 Å². The van der Waals surface area contributed by atoms with Crippen molar-refractivity contribution in [3.05, 3.63) is 28.8 Å². The van der Waals surface area contributed by atoms with Crippen LogP contribution < -0.4 is 0 Å². The van der Waals surface area contributed by atoms with Gasteiger partial charge in [0.05, 0.1) is 16.7 Å². The van der Waals surface area contributed by atoms with Gasteiger partial charge in [0.25, 0.3) is 5.91 Å². The van der Waals surface area contributed by atoms with Crippen molar-refractivity contribution < 1.29 is 9.53 Å². The van der Waals surface area contributed by atoms with Crippen molar-refractivity contribution in [1.29, 1.82) is 0 Å². The molecule has 0 aromatic heterocycles. The first-order chi connectivity index (χ1) is 8.61. The second-order valence-corrected chi connectivity index (χ2v) is 5.34. The Balaban J connectivity index is 2.17. The molecule has 5 heteroatoms. The third kappa shape index (κ3) is 2.99. The number of methoxy groups -OCH3 is 1. The average Bonchev–Trinajstić information content (AvgIpc) is 2.41. The molecule has 98 valence electrons. The number of likely N-dealkylation sites (tertiary alicyclic amines) is 1. The fourth-order valence-corrected chi connectivity index (χ4v) is 2.56. The summed E-state index contributed by atoms with van der Waals surface area (Å²) in [4.78, 5) is 14.9. The molecule has 1 aromatic carbocycles. The lowest BCUT2D eigenvalue weighted by molar-refractivity contribution is 0.0269. The Morgan fingerprint density at radius 1 is 1.56 bits per heavy atom. The molecule has 1 aliphatic heterocycles. The molecule has 1 fully saturated rings. The van der Waals surface area contributed by atoms with Crippen LogP contribution in [0.4, 0.5) is 0 Å². The van der Waals surface area contributed by atoms with E-state index in [1.165, 1.54) is 0 Å². The highest BCUT2D eigenvalue weighted by molar-refractivity contribution is 7.80. The number of amides is 1. The number of hydrogen-bond donors (Lipinski definition) is 1. The van der Waals surface area contributed by atoms with Crippen molar-refractivity contribution in [1.82, 2.24) is 4.90 Å². The number of hydrogen-bond acceptors (Lipinski definition) is 3. The molecule has 1 amide bonds. The zero-order valence-electron chi connectivity index (χ0n) is 10.2. The molecule has 18 heavy (non-hydrogen) atoms. The van der Waals surface area contributed by atoms with Gasteiger partial charge in [-0.1, -0.05) is 11.6 Å². The lowest BCUT2D eigenvalue weighted by Crippen LogP contribution is -2.43. The topological polar surface area (TPSA) is 29.5 Å². The number of ether oxygens (including phenoxy) is 1. The molecule has 1 heterocycles. The number of piperidine rings is 1. The number of rotatable bonds is 2. The Bertz CT molecular complexity index is 453. The highest BCUT2D eigenvalue weighted by Crippen LogP contribution is 2.23. The van der Waals surface area contributed by atoms with Gasteiger partial charge in [0, 0.05) is 25.1 Å². The van der Waals surface area contributed by atoms with E-state index in [0.717, 1.165) is 24.3 Å². The third-order valence-electron chi connectivity index (χ3n) is 3.18. The number of carbonyl (C=O) groups excluding carboxylic acids is 1. The minimum atomic E-state index is -0.0438. The van der Waals surface area contributed by atoms with Crippen molar-refractivity contribution in [3.8, 4) is 0 Å². The standard InChI is InChI=1S/C13H16ClNO2S/c1-17-9-3-2-6-15(8-9)13(16)11-7-10(18)4-5-12(11)14/h4-5,7,9,18H,2-3,6,8H2,1H3. The summed E-state index contributed by atoms with van der Waals surface area (Å²) in [5.41, 5.74) is 0.515. The molecular weight excluding hydrogens is 270 g/mol. The maximum absolute atomic E-state index is 12.4. The highest BCUT2D eigenvalue weighted by Gasteiger charge is 2.25. The molecule has 1 saturated heterocycles. The molecule has 1 unspecified atom stereocenters. The lowest BCUT2D eigenvalue weighted by Gasteiger charge is -2.32. The van der Waals surface area contributed by atoms with Crippen LogP contribution in [-0.4, -0.2) is 37.1 Å². The van der Waals surface area contributed by atoms with Gasteiger partial charge < -0.3 is 9.64 Å². The molecule has 0 aliphatic carbocycles. The number of benzene rings is 1. The van der Waals surface area contributed by atoms with E-state index in [-0.39, 0.29) is 12.0 Å². The van der Waals surface area contributed by atoms with E-state index in [1.54, 1.807) is 30.2 Å². The van der Waals surface area contributed by atoms with E-state index in [9.17, 15) is 4.79 Å². The van der Waals surface area contributed by atoms with Crippen molar-refractivity contribution in [2.45, 2.75) is 23.8 Å². The molecule has 1 aromatic rings. The fourth-order valence-electron chi connectivity index (χ4n) is 2.16. The predicted molar refractivity (Wildman–Crippen MR) is 74.6 cm³/mol. The molecular formula is C13H16ClNO2S. The van der Waals surface area contributed by atoms with E-state index in [4.69, 9.17) is 16.3 Å². The Hall–Kier alpha value is -0.710. The SMILES string of the molecule is COC1CCCN(C(=O)c2cc(S)ccc2Cl)C1. The first-order valence-electron chi connectivity index (χ1n) is 5.92. The van der Waals surface area contributed by atoms with Crippen molar-refractivity contribution in [2.24, 2.45) is 0 Å². The zero-order valence-corrected chi connectivity index (χ0v) is 11.9. The Morgan fingerprint density at radius 2 is 2.33 bits per heavy atom. The second kappa shape index (κ2) is 5.95. The van der Waals surface area contributed by atoms with Gasteiger partial charge in [-0.05, 0) is 31.0 Å².